The number of likely N-dealkylation sites (tertiary alicyclic amines) is 1. The van der Waals surface area contributed by atoms with Crippen molar-refractivity contribution in [2.45, 2.75) is 45.2 Å². The van der Waals surface area contributed by atoms with Crippen molar-refractivity contribution in [1.29, 1.82) is 0 Å². The molecule has 6 nitrogen and oxygen atoms in total. The van der Waals surface area contributed by atoms with Crippen molar-refractivity contribution in [1.82, 2.24) is 20.5 Å². The Morgan fingerprint density at radius 1 is 1.36 bits per heavy atom. The van der Waals surface area contributed by atoms with E-state index in [1.54, 1.807) is 12.4 Å². The molecule has 6 heteroatoms. The summed E-state index contributed by atoms with van der Waals surface area (Å²) in [5.74, 6) is 0.178. The van der Waals surface area contributed by atoms with Crippen LogP contribution >= 0.6 is 0 Å². The van der Waals surface area contributed by atoms with Crippen molar-refractivity contribution in [3.05, 3.63) is 30.1 Å². The van der Waals surface area contributed by atoms with Crippen LogP contribution in [0.3, 0.4) is 0 Å². The van der Waals surface area contributed by atoms with Gasteiger partial charge in [-0.15, -0.1) is 0 Å². The van der Waals surface area contributed by atoms with Gasteiger partial charge in [-0.25, -0.2) is 4.79 Å². The Morgan fingerprint density at radius 2 is 2.09 bits per heavy atom. The summed E-state index contributed by atoms with van der Waals surface area (Å²) >= 11 is 0. The van der Waals surface area contributed by atoms with E-state index in [-0.39, 0.29) is 24.0 Å². The zero-order valence-corrected chi connectivity index (χ0v) is 13.2. The van der Waals surface area contributed by atoms with Crippen LogP contribution in [0, 0.1) is 0 Å². The Labute approximate surface area is 131 Å². The Balaban J connectivity index is 1.82. The van der Waals surface area contributed by atoms with E-state index in [1.807, 2.05) is 30.9 Å². The summed E-state index contributed by atoms with van der Waals surface area (Å²) in [6.45, 7) is 5.30. The second-order valence-electron chi connectivity index (χ2n) is 5.70. The Morgan fingerprint density at radius 3 is 2.68 bits per heavy atom. The van der Waals surface area contributed by atoms with Crippen LogP contribution in [0.4, 0.5) is 4.79 Å². The summed E-state index contributed by atoms with van der Waals surface area (Å²) in [5.41, 5.74) is 1.04. The van der Waals surface area contributed by atoms with Crippen LogP contribution < -0.4 is 10.6 Å². The zero-order valence-electron chi connectivity index (χ0n) is 13.2. The first kappa shape index (κ1) is 16.3. The lowest BCUT2D eigenvalue weighted by atomic mass is 10.1. The van der Waals surface area contributed by atoms with E-state index in [4.69, 9.17) is 0 Å². The molecule has 0 radical (unpaired) electrons. The summed E-state index contributed by atoms with van der Waals surface area (Å²) in [5, 5.41) is 5.87. The molecule has 1 aliphatic heterocycles. The van der Waals surface area contributed by atoms with Gasteiger partial charge in [-0.05, 0) is 37.5 Å². The first-order chi connectivity index (χ1) is 10.6. The van der Waals surface area contributed by atoms with E-state index in [0.29, 0.717) is 13.0 Å². The number of nitrogens with zero attached hydrogens (tertiary/aromatic N) is 2. The van der Waals surface area contributed by atoms with Gasteiger partial charge in [-0.1, -0.05) is 6.92 Å². The predicted octanol–water partition coefficient (Wildman–Crippen LogP) is 1.84. The molecule has 1 saturated heterocycles. The number of hydrogen-bond donors (Lipinski definition) is 2. The minimum absolute atomic E-state index is 0.0383. The molecule has 0 spiro atoms. The van der Waals surface area contributed by atoms with Gasteiger partial charge < -0.3 is 15.5 Å². The fourth-order valence-electron chi connectivity index (χ4n) is 2.71. The van der Waals surface area contributed by atoms with Gasteiger partial charge >= 0.3 is 6.03 Å². The Hall–Kier alpha value is -2.11. The van der Waals surface area contributed by atoms with Crippen LogP contribution in [0.25, 0.3) is 0 Å². The van der Waals surface area contributed by atoms with Crippen molar-refractivity contribution in [3.8, 4) is 0 Å². The number of rotatable bonds is 6. The highest BCUT2D eigenvalue weighted by atomic mass is 16.2. The first-order valence-electron chi connectivity index (χ1n) is 7.85. The fraction of sp³-hybridized carbons (Fsp3) is 0.562. The number of amides is 3. The molecule has 1 fully saturated rings. The lowest BCUT2D eigenvalue weighted by molar-refractivity contribution is -0.127. The molecule has 0 bridgehead atoms. The van der Waals surface area contributed by atoms with Crippen molar-refractivity contribution < 1.29 is 9.59 Å². The highest BCUT2D eigenvalue weighted by Gasteiger charge is 2.22. The maximum atomic E-state index is 12.1. The first-order valence-corrected chi connectivity index (χ1v) is 7.85. The topological polar surface area (TPSA) is 74.3 Å². The van der Waals surface area contributed by atoms with E-state index in [9.17, 15) is 9.59 Å². The maximum absolute atomic E-state index is 12.1. The molecule has 3 amide bonds. The van der Waals surface area contributed by atoms with Gasteiger partial charge in [0.25, 0.3) is 0 Å². The summed E-state index contributed by atoms with van der Waals surface area (Å²) in [6, 6.07) is 3.49. The number of carbonyl (C=O) groups is 2. The number of pyridine rings is 1. The van der Waals surface area contributed by atoms with Crippen molar-refractivity contribution in [2.24, 2.45) is 0 Å². The van der Waals surface area contributed by atoms with Crippen molar-refractivity contribution >= 4 is 11.9 Å². The molecule has 0 unspecified atom stereocenters. The van der Waals surface area contributed by atoms with Gasteiger partial charge in [0.1, 0.15) is 0 Å². The van der Waals surface area contributed by atoms with Crippen LogP contribution in [0.1, 0.15) is 44.7 Å². The van der Waals surface area contributed by atoms with Crippen LogP contribution in [-0.2, 0) is 4.79 Å². The fourth-order valence-corrected chi connectivity index (χ4v) is 2.71. The zero-order chi connectivity index (χ0) is 15.9. The van der Waals surface area contributed by atoms with E-state index < -0.39 is 0 Å². The standard InChI is InChI=1S/C16H24N4O2/c1-3-14(13-6-8-17-9-7-13)19-16(22)18-12(2)11-20-10-4-5-15(20)21/h6-9,12,14H,3-5,10-11H2,1-2H3,(H2,18,19,22)/t12-,14-/m1/s1. The third-order valence-electron chi connectivity index (χ3n) is 3.87. The summed E-state index contributed by atoms with van der Waals surface area (Å²) in [4.78, 5) is 29.5. The molecule has 0 aromatic carbocycles. The number of urea groups is 1. The lowest BCUT2D eigenvalue weighted by Gasteiger charge is -2.23. The molecule has 0 saturated carbocycles. The Kier molecular flexibility index (Phi) is 5.75. The highest BCUT2D eigenvalue weighted by molar-refractivity contribution is 5.78. The van der Waals surface area contributed by atoms with Gasteiger partial charge in [0.2, 0.25) is 5.91 Å². The average molecular weight is 304 g/mol. The Bertz CT molecular complexity index is 506. The molecule has 2 atom stereocenters. The largest absolute Gasteiger partial charge is 0.341 e. The molecule has 2 rings (SSSR count). The minimum atomic E-state index is -0.206. The van der Waals surface area contributed by atoms with Crippen molar-refractivity contribution in [2.75, 3.05) is 13.1 Å². The van der Waals surface area contributed by atoms with E-state index in [2.05, 4.69) is 15.6 Å². The minimum Gasteiger partial charge on any atom is -0.341 e. The highest BCUT2D eigenvalue weighted by Crippen LogP contribution is 2.15. The number of nitrogens with one attached hydrogen (secondary N) is 2. The second-order valence-corrected chi connectivity index (χ2v) is 5.70. The molecule has 120 valence electrons. The molecule has 2 N–H and O–H groups in total. The lowest BCUT2D eigenvalue weighted by Crippen LogP contribution is -2.47. The van der Waals surface area contributed by atoms with E-state index in [1.165, 1.54) is 0 Å². The summed E-state index contributed by atoms with van der Waals surface area (Å²) in [7, 11) is 0. The maximum Gasteiger partial charge on any atom is 0.315 e. The van der Waals surface area contributed by atoms with Crippen LogP contribution in [0.15, 0.2) is 24.5 Å². The van der Waals surface area contributed by atoms with E-state index >= 15 is 0 Å². The van der Waals surface area contributed by atoms with Gasteiger partial charge in [0, 0.05) is 37.9 Å². The molecule has 1 aromatic heterocycles. The van der Waals surface area contributed by atoms with Crippen LogP contribution in [0.2, 0.25) is 0 Å². The molecule has 2 heterocycles. The average Bonchev–Trinajstić information content (AvgIpc) is 2.90. The summed E-state index contributed by atoms with van der Waals surface area (Å²) < 4.78 is 0. The van der Waals surface area contributed by atoms with Gasteiger partial charge in [0.15, 0.2) is 0 Å². The number of hydrogen-bond acceptors (Lipinski definition) is 3. The molecule has 22 heavy (non-hydrogen) atoms. The number of aromatic nitrogens is 1. The normalized spacial score (nSPS) is 17.2. The van der Waals surface area contributed by atoms with Gasteiger partial charge in [-0.3, -0.25) is 9.78 Å². The molecular formula is C16H24N4O2. The van der Waals surface area contributed by atoms with E-state index in [0.717, 1.165) is 24.9 Å². The third kappa shape index (κ3) is 4.44. The smallest absolute Gasteiger partial charge is 0.315 e. The molecule has 0 aliphatic carbocycles. The van der Waals surface area contributed by atoms with Gasteiger partial charge in [-0.2, -0.15) is 0 Å². The summed E-state index contributed by atoms with van der Waals surface area (Å²) in [6.07, 6.45) is 5.78. The van der Waals surface area contributed by atoms with Crippen LogP contribution in [-0.4, -0.2) is 41.0 Å². The quantitative estimate of drug-likeness (QED) is 0.842. The second kappa shape index (κ2) is 7.77. The molecule has 1 aliphatic rings. The predicted molar refractivity (Wildman–Crippen MR) is 84.2 cm³/mol. The van der Waals surface area contributed by atoms with Gasteiger partial charge in [0.05, 0.1) is 6.04 Å². The van der Waals surface area contributed by atoms with Crippen molar-refractivity contribution in [3.63, 3.8) is 0 Å². The SMILES string of the molecule is CC[C@@H](NC(=O)N[C@H](C)CN1CCCC1=O)c1ccncc1. The molecular weight excluding hydrogens is 280 g/mol. The molecule has 1 aromatic rings. The number of carbonyl (C=O) groups excluding carboxylic acids is 2. The monoisotopic (exact) mass is 304 g/mol. The van der Waals surface area contributed by atoms with Crippen LogP contribution in [0.5, 0.6) is 0 Å². The third-order valence-corrected chi connectivity index (χ3v) is 3.87.